The number of rotatable bonds is 19. The Labute approximate surface area is 358 Å². The number of carboxylic acid groups (broad SMARTS) is 1. The molecule has 7 N–H and O–H groups in total. The van der Waals surface area contributed by atoms with Crippen LogP contribution in [0.15, 0.2) is 54.6 Å². The molecule has 2 aromatic rings. The first-order valence-corrected chi connectivity index (χ1v) is 21.8. The van der Waals surface area contributed by atoms with Gasteiger partial charge in [0.2, 0.25) is 35.4 Å². The van der Waals surface area contributed by atoms with Crippen LogP contribution in [0.5, 0.6) is 5.75 Å². The number of nitrogens with zero attached hydrogens (tertiary/aromatic N) is 2. The molecule has 5 rings (SSSR count). The van der Waals surface area contributed by atoms with Gasteiger partial charge < -0.3 is 46.6 Å². The molecule has 0 unspecified atom stereocenters. The average Bonchev–Trinajstić information content (AvgIpc) is 4.07. The second-order valence-corrected chi connectivity index (χ2v) is 16.8. The van der Waals surface area contributed by atoms with E-state index in [4.69, 9.17) is 0 Å². The number of hydrogen-bond donors (Lipinski definition) is 7. The third-order valence-corrected chi connectivity index (χ3v) is 12.5. The molecule has 0 aromatic heterocycles. The van der Waals surface area contributed by atoms with Crippen molar-refractivity contribution in [1.29, 1.82) is 0 Å². The van der Waals surface area contributed by atoms with Gasteiger partial charge in [-0.25, -0.2) is 4.79 Å². The maximum Gasteiger partial charge on any atom is 0.326 e. The van der Waals surface area contributed by atoms with Crippen LogP contribution < -0.4 is 26.6 Å². The smallest absolute Gasteiger partial charge is 0.326 e. The summed E-state index contributed by atoms with van der Waals surface area (Å²) in [5.41, 5.74) is 1.33. The summed E-state index contributed by atoms with van der Waals surface area (Å²) in [6, 6.07) is 8.52. The SMILES string of the molecule is CC[C@H](C)[C@H](NC(=O)[C@@H]1CCCN1C(=O)[C@@H](NC(=O)[C@@H]1CCCN1)[C@@H](C)CC)C(=O)N[C@@H](Cc1ccccc1)C(=O)N1CCC[C@H]1C(=O)N[C@@H](Cc1ccc(O)cc1)C(=O)O. The van der Waals surface area contributed by atoms with Crippen molar-refractivity contribution in [2.45, 2.75) is 134 Å². The number of carbonyl (C=O) groups excluding carboxylic acids is 6. The molecule has 3 aliphatic heterocycles. The number of benzene rings is 2. The second kappa shape index (κ2) is 21.8. The Morgan fingerprint density at radius 3 is 1.77 bits per heavy atom. The van der Waals surface area contributed by atoms with Crippen LogP contribution in [-0.2, 0) is 46.4 Å². The largest absolute Gasteiger partial charge is 0.508 e. The minimum atomic E-state index is -1.30. The maximum atomic E-state index is 14.5. The normalized spacial score (nSPS) is 21.7. The molecule has 3 aliphatic rings. The van der Waals surface area contributed by atoms with Gasteiger partial charge in [0.15, 0.2) is 0 Å². The van der Waals surface area contributed by atoms with E-state index in [1.165, 1.54) is 21.9 Å². The molecule has 61 heavy (non-hydrogen) atoms. The number of amides is 6. The highest BCUT2D eigenvalue weighted by Crippen LogP contribution is 2.24. The van der Waals surface area contributed by atoms with Crippen LogP contribution in [-0.4, -0.2) is 123 Å². The van der Waals surface area contributed by atoms with E-state index in [-0.39, 0.29) is 61.2 Å². The fourth-order valence-electron chi connectivity index (χ4n) is 8.43. The van der Waals surface area contributed by atoms with Gasteiger partial charge in [-0.2, -0.15) is 0 Å². The van der Waals surface area contributed by atoms with Crippen molar-refractivity contribution < 1.29 is 43.8 Å². The number of aromatic hydroxyl groups is 1. The molecule has 6 amide bonds. The summed E-state index contributed by atoms with van der Waals surface area (Å²) in [4.78, 5) is 99.0. The van der Waals surface area contributed by atoms with Gasteiger partial charge in [0.05, 0.1) is 6.04 Å². The van der Waals surface area contributed by atoms with Gasteiger partial charge in [-0.1, -0.05) is 83.0 Å². The van der Waals surface area contributed by atoms with E-state index >= 15 is 0 Å². The lowest BCUT2D eigenvalue weighted by Gasteiger charge is -2.34. The van der Waals surface area contributed by atoms with E-state index in [9.17, 15) is 43.8 Å². The molecular formula is C45H63N7O9. The molecule has 0 bridgehead atoms. The zero-order valence-electron chi connectivity index (χ0n) is 35.7. The van der Waals surface area contributed by atoms with E-state index in [1.807, 2.05) is 58.0 Å². The first-order chi connectivity index (χ1) is 29.2. The molecule has 16 nitrogen and oxygen atoms in total. The molecule has 0 aliphatic carbocycles. The van der Waals surface area contributed by atoms with Crippen LogP contribution in [0.2, 0.25) is 0 Å². The van der Waals surface area contributed by atoms with Crippen LogP contribution in [0.3, 0.4) is 0 Å². The van der Waals surface area contributed by atoms with Crippen LogP contribution in [0.4, 0.5) is 0 Å². The molecule has 0 spiro atoms. The van der Waals surface area contributed by atoms with Crippen molar-refractivity contribution in [1.82, 2.24) is 36.4 Å². The van der Waals surface area contributed by atoms with Gasteiger partial charge in [-0.3, -0.25) is 28.8 Å². The van der Waals surface area contributed by atoms with E-state index in [0.717, 1.165) is 18.5 Å². The van der Waals surface area contributed by atoms with Crippen molar-refractivity contribution in [2.75, 3.05) is 19.6 Å². The van der Waals surface area contributed by atoms with E-state index < -0.39 is 65.8 Å². The quantitative estimate of drug-likeness (QED) is 0.109. The summed E-state index contributed by atoms with van der Waals surface area (Å²) in [7, 11) is 0. The monoisotopic (exact) mass is 845 g/mol. The number of likely N-dealkylation sites (tertiary alicyclic amines) is 2. The molecule has 332 valence electrons. The number of carbonyl (C=O) groups is 7. The minimum absolute atomic E-state index is 0.0211. The maximum absolute atomic E-state index is 14.5. The summed E-state index contributed by atoms with van der Waals surface area (Å²) in [6.45, 7) is 8.81. The number of carboxylic acids is 1. The van der Waals surface area contributed by atoms with Crippen molar-refractivity contribution in [3.63, 3.8) is 0 Å². The standard InChI is InChI=1S/C45H63N7O9/c1-5-27(3)37(49-41(56)36-17-12-24-52(36)44(59)38(28(4)6-2)50-39(54)32-15-10-22-46-32)42(57)47-33(25-29-13-8-7-9-14-29)43(58)51-23-11-16-35(51)40(55)48-34(45(60)61)26-30-18-20-31(53)21-19-30/h7-9,13-14,18-21,27-28,32-38,46,53H,5-6,10-12,15-17,22-26H2,1-4H3,(H,47,57)(H,48,55)(H,49,56)(H,50,54)(H,60,61)/t27-,28-,32-,33-,34-,35-,36-,37-,38-/m0/s1. The number of aliphatic carboxylic acids is 1. The fraction of sp³-hybridized carbons (Fsp3) is 0.578. The molecule has 9 atom stereocenters. The predicted octanol–water partition coefficient (Wildman–Crippen LogP) is 2.03. The van der Waals surface area contributed by atoms with E-state index in [1.54, 1.807) is 12.1 Å². The van der Waals surface area contributed by atoms with Crippen LogP contribution >= 0.6 is 0 Å². The van der Waals surface area contributed by atoms with Gasteiger partial charge in [-0.15, -0.1) is 0 Å². The Kier molecular flexibility index (Phi) is 16.7. The summed E-state index contributed by atoms with van der Waals surface area (Å²) >= 11 is 0. The third kappa shape index (κ3) is 12.1. The summed E-state index contributed by atoms with van der Waals surface area (Å²) in [5, 5.41) is 34.2. The minimum Gasteiger partial charge on any atom is -0.508 e. The highest BCUT2D eigenvalue weighted by atomic mass is 16.4. The van der Waals surface area contributed by atoms with Gasteiger partial charge in [-0.05, 0) is 80.2 Å². The van der Waals surface area contributed by atoms with Gasteiger partial charge >= 0.3 is 5.97 Å². The van der Waals surface area contributed by atoms with Crippen LogP contribution in [0, 0.1) is 11.8 Å². The van der Waals surface area contributed by atoms with Crippen molar-refractivity contribution >= 4 is 41.4 Å². The van der Waals surface area contributed by atoms with E-state index in [0.29, 0.717) is 50.6 Å². The Morgan fingerprint density at radius 2 is 1.20 bits per heavy atom. The second-order valence-electron chi connectivity index (χ2n) is 16.8. The zero-order valence-corrected chi connectivity index (χ0v) is 35.7. The highest BCUT2D eigenvalue weighted by molar-refractivity contribution is 5.97. The Morgan fingerprint density at radius 1 is 0.656 bits per heavy atom. The van der Waals surface area contributed by atoms with Crippen LogP contribution in [0.1, 0.15) is 90.2 Å². The average molecular weight is 846 g/mol. The molecule has 0 radical (unpaired) electrons. The predicted molar refractivity (Wildman–Crippen MR) is 227 cm³/mol. The number of phenols is 1. The Balaban J connectivity index is 1.31. The highest BCUT2D eigenvalue weighted by Gasteiger charge is 2.43. The van der Waals surface area contributed by atoms with Crippen molar-refractivity contribution in [3.05, 3.63) is 65.7 Å². The molecule has 3 heterocycles. The molecule has 3 fully saturated rings. The molecule has 0 saturated carbocycles. The molecular weight excluding hydrogens is 783 g/mol. The fourth-order valence-corrected chi connectivity index (χ4v) is 8.43. The van der Waals surface area contributed by atoms with Crippen LogP contribution in [0.25, 0.3) is 0 Å². The number of nitrogens with one attached hydrogen (secondary N) is 5. The lowest BCUT2D eigenvalue weighted by molar-refractivity contribution is -0.145. The first kappa shape index (κ1) is 46.6. The molecule has 16 heteroatoms. The molecule has 3 saturated heterocycles. The molecule has 2 aromatic carbocycles. The Hall–Kier alpha value is -5.51. The van der Waals surface area contributed by atoms with Gasteiger partial charge in [0, 0.05) is 25.9 Å². The summed E-state index contributed by atoms with van der Waals surface area (Å²) < 4.78 is 0. The summed E-state index contributed by atoms with van der Waals surface area (Å²) in [5.74, 6) is -4.62. The first-order valence-electron chi connectivity index (χ1n) is 21.8. The number of hydrogen-bond acceptors (Lipinski definition) is 9. The Bertz CT molecular complexity index is 1860. The van der Waals surface area contributed by atoms with Gasteiger partial charge in [0.25, 0.3) is 0 Å². The zero-order chi connectivity index (χ0) is 44.2. The van der Waals surface area contributed by atoms with Crippen molar-refractivity contribution in [3.8, 4) is 5.75 Å². The number of phenolic OH excluding ortho intramolecular Hbond substituents is 1. The summed E-state index contributed by atoms with van der Waals surface area (Å²) in [6.07, 6.45) is 4.44. The lowest BCUT2D eigenvalue weighted by atomic mass is 9.95. The third-order valence-electron chi connectivity index (χ3n) is 12.5. The topological polar surface area (TPSA) is 227 Å². The van der Waals surface area contributed by atoms with E-state index in [2.05, 4.69) is 26.6 Å². The van der Waals surface area contributed by atoms with Gasteiger partial charge in [0.1, 0.15) is 42.0 Å². The van der Waals surface area contributed by atoms with Crippen molar-refractivity contribution in [2.24, 2.45) is 11.8 Å². The lowest BCUT2D eigenvalue weighted by Crippen LogP contribution is -2.61.